The van der Waals surface area contributed by atoms with Gasteiger partial charge in [0.05, 0.1) is 5.56 Å². The maximum absolute atomic E-state index is 12.7. The van der Waals surface area contributed by atoms with E-state index in [1.54, 1.807) is 11.3 Å². The van der Waals surface area contributed by atoms with Gasteiger partial charge in [-0.15, -0.1) is 11.3 Å². The summed E-state index contributed by atoms with van der Waals surface area (Å²) in [7, 11) is 0. The van der Waals surface area contributed by atoms with Crippen molar-refractivity contribution >= 4 is 44.3 Å². The van der Waals surface area contributed by atoms with E-state index in [9.17, 15) is 4.79 Å². The van der Waals surface area contributed by atoms with E-state index in [1.807, 2.05) is 36.4 Å². The standard InChI is InChI=1S/C19H19BrN2OS/c1-11-7-8-13-15(9-11)24-19-16(13)18(23)21-17(22-19)14(20)10-12-5-3-2-4-6-12/h2-6,10-11,17,22H,7-9H2,1H3,(H,21,23)/b14-10-. The summed E-state index contributed by atoms with van der Waals surface area (Å²) in [5, 5.41) is 7.59. The second-order valence-corrected chi connectivity index (χ2v) is 8.57. The van der Waals surface area contributed by atoms with Crippen LogP contribution in [0.5, 0.6) is 0 Å². The van der Waals surface area contributed by atoms with E-state index in [4.69, 9.17) is 0 Å². The quantitative estimate of drug-likeness (QED) is 0.757. The number of anilines is 1. The third kappa shape index (κ3) is 2.91. The maximum Gasteiger partial charge on any atom is 0.256 e. The first-order valence-electron chi connectivity index (χ1n) is 8.26. The number of amides is 1. The van der Waals surface area contributed by atoms with Gasteiger partial charge in [0, 0.05) is 9.36 Å². The lowest BCUT2D eigenvalue weighted by Gasteiger charge is -2.26. The molecule has 2 N–H and O–H groups in total. The van der Waals surface area contributed by atoms with Crippen molar-refractivity contribution in [1.82, 2.24) is 5.32 Å². The summed E-state index contributed by atoms with van der Waals surface area (Å²) in [6, 6.07) is 10.1. The molecule has 5 heteroatoms. The normalized spacial score (nSPS) is 23.1. The molecule has 2 atom stereocenters. The average molecular weight is 403 g/mol. The third-order valence-electron chi connectivity index (χ3n) is 4.67. The fourth-order valence-electron chi connectivity index (χ4n) is 3.39. The van der Waals surface area contributed by atoms with Crippen molar-refractivity contribution in [3.63, 3.8) is 0 Å². The smallest absolute Gasteiger partial charge is 0.256 e. The van der Waals surface area contributed by atoms with Crippen LogP contribution in [0.1, 0.15) is 39.7 Å². The Labute approximate surface area is 154 Å². The van der Waals surface area contributed by atoms with E-state index in [2.05, 4.69) is 33.5 Å². The molecule has 0 fully saturated rings. The lowest BCUT2D eigenvalue weighted by Crippen LogP contribution is -2.45. The Hall–Kier alpha value is -1.59. The summed E-state index contributed by atoms with van der Waals surface area (Å²) in [4.78, 5) is 14.1. The lowest BCUT2D eigenvalue weighted by atomic mass is 9.88. The molecule has 1 aliphatic carbocycles. The predicted molar refractivity (Wildman–Crippen MR) is 104 cm³/mol. The van der Waals surface area contributed by atoms with Gasteiger partial charge < -0.3 is 10.6 Å². The molecule has 0 radical (unpaired) electrons. The van der Waals surface area contributed by atoms with Gasteiger partial charge in [-0.05, 0) is 42.4 Å². The molecule has 0 spiro atoms. The van der Waals surface area contributed by atoms with Gasteiger partial charge >= 0.3 is 0 Å². The Morgan fingerprint density at radius 1 is 1.29 bits per heavy atom. The summed E-state index contributed by atoms with van der Waals surface area (Å²) >= 11 is 5.38. The highest BCUT2D eigenvalue weighted by molar-refractivity contribution is 9.11. The van der Waals surface area contributed by atoms with E-state index < -0.39 is 0 Å². The molecule has 1 aliphatic heterocycles. The lowest BCUT2D eigenvalue weighted by molar-refractivity contribution is 0.0942. The monoisotopic (exact) mass is 402 g/mol. The minimum absolute atomic E-state index is 0.0409. The van der Waals surface area contributed by atoms with Crippen LogP contribution in [0.3, 0.4) is 0 Å². The Kier molecular flexibility index (Phi) is 4.22. The van der Waals surface area contributed by atoms with Crippen molar-refractivity contribution in [1.29, 1.82) is 0 Å². The fourth-order valence-corrected chi connectivity index (χ4v) is 5.32. The molecule has 0 bridgehead atoms. The zero-order valence-corrected chi connectivity index (χ0v) is 15.8. The topological polar surface area (TPSA) is 41.1 Å². The van der Waals surface area contributed by atoms with Crippen molar-refractivity contribution in [2.45, 2.75) is 32.4 Å². The van der Waals surface area contributed by atoms with Crippen molar-refractivity contribution in [2.24, 2.45) is 5.92 Å². The average Bonchev–Trinajstić information content (AvgIpc) is 2.93. The van der Waals surface area contributed by atoms with Crippen LogP contribution in [0.15, 0.2) is 34.8 Å². The minimum Gasteiger partial charge on any atom is -0.352 e. The van der Waals surface area contributed by atoms with Gasteiger partial charge in [0.15, 0.2) is 0 Å². The molecule has 2 heterocycles. The van der Waals surface area contributed by atoms with Gasteiger partial charge in [-0.3, -0.25) is 4.79 Å². The molecule has 0 saturated heterocycles. The van der Waals surface area contributed by atoms with E-state index in [0.29, 0.717) is 5.92 Å². The van der Waals surface area contributed by atoms with Crippen LogP contribution in [0.2, 0.25) is 0 Å². The molecule has 3 nitrogen and oxygen atoms in total. The number of fused-ring (bicyclic) bond motifs is 3. The van der Waals surface area contributed by atoms with Crippen molar-refractivity contribution < 1.29 is 4.79 Å². The van der Waals surface area contributed by atoms with Crippen LogP contribution in [0, 0.1) is 5.92 Å². The molecule has 1 aromatic carbocycles. The van der Waals surface area contributed by atoms with Crippen LogP contribution >= 0.6 is 27.3 Å². The first-order valence-corrected chi connectivity index (χ1v) is 9.87. The minimum atomic E-state index is -0.220. The van der Waals surface area contributed by atoms with Gasteiger partial charge in [-0.2, -0.15) is 0 Å². The molecule has 0 saturated carbocycles. The highest BCUT2D eigenvalue weighted by atomic mass is 79.9. The molecule has 4 rings (SSSR count). The molecule has 24 heavy (non-hydrogen) atoms. The van der Waals surface area contributed by atoms with E-state index in [-0.39, 0.29) is 12.1 Å². The number of nitrogens with one attached hydrogen (secondary N) is 2. The van der Waals surface area contributed by atoms with Crippen molar-refractivity contribution in [2.75, 3.05) is 5.32 Å². The molecule has 2 aliphatic rings. The van der Waals surface area contributed by atoms with E-state index in [1.165, 1.54) is 16.9 Å². The van der Waals surface area contributed by atoms with Gasteiger partial charge in [0.2, 0.25) is 0 Å². The third-order valence-corrected chi connectivity index (χ3v) is 6.54. The number of rotatable bonds is 2. The fraction of sp³-hybridized carbons (Fsp3) is 0.316. The zero-order valence-electron chi connectivity index (χ0n) is 13.4. The number of carbonyl (C=O) groups is 1. The Morgan fingerprint density at radius 3 is 2.88 bits per heavy atom. The van der Waals surface area contributed by atoms with Crippen LogP contribution in [-0.2, 0) is 12.8 Å². The van der Waals surface area contributed by atoms with Crippen molar-refractivity contribution in [3.05, 3.63) is 56.4 Å². The summed E-state index contributed by atoms with van der Waals surface area (Å²) in [5.41, 5.74) is 3.24. The highest BCUT2D eigenvalue weighted by Gasteiger charge is 2.33. The SMILES string of the molecule is CC1CCc2c(sc3c2C(=O)NC(/C(Br)=C/c2ccccc2)N3)C1. The number of hydrogen-bond donors (Lipinski definition) is 2. The molecule has 124 valence electrons. The summed E-state index contributed by atoms with van der Waals surface area (Å²) in [5.74, 6) is 0.750. The van der Waals surface area contributed by atoms with Crippen molar-refractivity contribution in [3.8, 4) is 0 Å². The van der Waals surface area contributed by atoms with Gasteiger partial charge in [-0.1, -0.05) is 53.2 Å². The van der Waals surface area contributed by atoms with Crippen LogP contribution in [0.25, 0.3) is 6.08 Å². The number of thiophene rings is 1. The number of benzene rings is 1. The second kappa shape index (κ2) is 6.37. The first kappa shape index (κ1) is 15.9. The maximum atomic E-state index is 12.7. The van der Waals surface area contributed by atoms with Crippen LogP contribution in [-0.4, -0.2) is 12.1 Å². The number of hydrogen-bond acceptors (Lipinski definition) is 3. The van der Waals surface area contributed by atoms with Gasteiger partial charge in [0.25, 0.3) is 5.91 Å². The van der Waals surface area contributed by atoms with Crippen LogP contribution < -0.4 is 10.6 Å². The Balaban J connectivity index is 1.63. The van der Waals surface area contributed by atoms with Crippen LogP contribution in [0.4, 0.5) is 5.00 Å². The summed E-state index contributed by atoms with van der Waals surface area (Å²) < 4.78 is 0.924. The first-order chi connectivity index (χ1) is 11.6. The van der Waals surface area contributed by atoms with Gasteiger partial charge in [-0.25, -0.2) is 0 Å². The largest absolute Gasteiger partial charge is 0.352 e. The molecule has 1 aromatic heterocycles. The van der Waals surface area contributed by atoms with E-state index >= 15 is 0 Å². The second-order valence-electron chi connectivity index (χ2n) is 6.55. The van der Waals surface area contributed by atoms with Gasteiger partial charge in [0.1, 0.15) is 11.2 Å². The highest BCUT2D eigenvalue weighted by Crippen LogP contribution is 2.41. The molecule has 1 amide bonds. The predicted octanol–water partition coefficient (Wildman–Crippen LogP) is 4.79. The van der Waals surface area contributed by atoms with E-state index in [0.717, 1.165) is 33.5 Å². The molecular weight excluding hydrogens is 384 g/mol. The Morgan fingerprint density at radius 2 is 2.08 bits per heavy atom. The summed E-state index contributed by atoms with van der Waals surface area (Å²) in [6.45, 7) is 2.29. The Bertz CT molecular complexity index is 812. The zero-order chi connectivity index (χ0) is 16.7. The molecule has 2 aromatic rings. The number of halogens is 1. The molecule has 2 unspecified atom stereocenters. The summed E-state index contributed by atoms with van der Waals surface area (Å²) in [6.07, 6.45) is 5.10. The number of carbonyl (C=O) groups excluding carboxylic acids is 1. The molecular formula is C19H19BrN2OS.